The molecule has 0 fully saturated rings. The summed E-state index contributed by atoms with van der Waals surface area (Å²) >= 11 is 5.92. The van der Waals surface area contributed by atoms with Crippen molar-refractivity contribution in [3.63, 3.8) is 0 Å². The molecule has 0 bridgehead atoms. The number of benzene rings is 1. The molecule has 0 aliphatic carbocycles. The molecule has 2 rings (SSSR count). The van der Waals surface area contributed by atoms with Gasteiger partial charge in [0.15, 0.2) is 0 Å². The van der Waals surface area contributed by atoms with Crippen molar-refractivity contribution in [2.75, 3.05) is 20.3 Å². The maximum absolute atomic E-state index is 12.0. The lowest BCUT2D eigenvalue weighted by molar-refractivity contribution is 0.0936. The molecule has 4 nitrogen and oxygen atoms in total. The van der Waals surface area contributed by atoms with Crippen LogP contribution in [-0.2, 0) is 4.74 Å². The van der Waals surface area contributed by atoms with E-state index in [0.29, 0.717) is 29.4 Å². The van der Waals surface area contributed by atoms with Gasteiger partial charge in [-0.15, -0.1) is 0 Å². The van der Waals surface area contributed by atoms with Gasteiger partial charge >= 0.3 is 0 Å². The second-order valence-electron chi connectivity index (χ2n) is 4.21. The van der Waals surface area contributed by atoms with E-state index in [0.717, 1.165) is 10.9 Å². The Labute approximate surface area is 116 Å². The number of rotatable bonds is 4. The molecule has 1 amide bonds. The van der Waals surface area contributed by atoms with Gasteiger partial charge in [-0.2, -0.15) is 0 Å². The minimum atomic E-state index is -0.140. The Morgan fingerprint density at radius 3 is 2.95 bits per heavy atom. The first-order chi connectivity index (χ1) is 9.11. The summed E-state index contributed by atoms with van der Waals surface area (Å²) in [7, 11) is 1.60. The van der Waals surface area contributed by atoms with Crippen LogP contribution in [0.15, 0.2) is 24.3 Å². The van der Waals surface area contributed by atoms with Crippen LogP contribution in [0.1, 0.15) is 16.1 Å². The molecule has 1 heterocycles. The Bertz CT molecular complexity index is 614. The average Bonchev–Trinajstić information content (AvgIpc) is 2.38. The van der Waals surface area contributed by atoms with Gasteiger partial charge in [-0.05, 0) is 25.1 Å². The minimum Gasteiger partial charge on any atom is -0.383 e. The maximum Gasteiger partial charge on any atom is 0.253 e. The topological polar surface area (TPSA) is 51.2 Å². The first-order valence-corrected chi connectivity index (χ1v) is 6.33. The summed E-state index contributed by atoms with van der Waals surface area (Å²) in [6.07, 6.45) is 0. The second-order valence-corrected chi connectivity index (χ2v) is 4.64. The van der Waals surface area contributed by atoms with Gasteiger partial charge in [-0.25, -0.2) is 0 Å². The lowest BCUT2D eigenvalue weighted by Crippen LogP contribution is -2.27. The van der Waals surface area contributed by atoms with Gasteiger partial charge in [0.1, 0.15) is 0 Å². The fourth-order valence-electron chi connectivity index (χ4n) is 1.83. The van der Waals surface area contributed by atoms with E-state index in [1.165, 1.54) is 0 Å². The van der Waals surface area contributed by atoms with Gasteiger partial charge in [-0.1, -0.05) is 17.7 Å². The summed E-state index contributed by atoms with van der Waals surface area (Å²) in [6.45, 7) is 2.78. The third-order valence-corrected chi connectivity index (χ3v) is 3.04. The summed E-state index contributed by atoms with van der Waals surface area (Å²) in [4.78, 5) is 16.4. The third-order valence-electron chi connectivity index (χ3n) is 2.81. The summed E-state index contributed by atoms with van der Waals surface area (Å²) in [5, 5.41) is 4.32. The van der Waals surface area contributed by atoms with Gasteiger partial charge in [0.25, 0.3) is 5.91 Å². The van der Waals surface area contributed by atoms with E-state index >= 15 is 0 Å². The summed E-state index contributed by atoms with van der Waals surface area (Å²) in [5.41, 5.74) is 2.05. The zero-order chi connectivity index (χ0) is 13.8. The zero-order valence-electron chi connectivity index (χ0n) is 10.9. The summed E-state index contributed by atoms with van der Waals surface area (Å²) in [5.74, 6) is -0.140. The van der Waals surface area contributed by atoms with Crippen molar-refractivity contribution >= 4 is 28.4 Å². The standard InChI is InChI=1S/C14H15ClN2O2/c1-9-12(14(18)16-5-6-19-2)7-10-3-4-11(15)8-13(10)17-9/h3-4,7-8H,5-6H2,1-2H3,(H,16,18). The van der Waals surface area contributed by atoms with Gasteiger partial charge in [0, 0.05) is 24.1 Å². The number of methoxy groups -OCH3 is 1. The van der Waals surface area contributed by atoms with Gasteiger partial charge in [-0.3, -0.25) is 9.78 Å². The molecule has 100 valence electrons. The number of fused-ring (bicyclic) bond motifs is 1. The smallest absolute Gasteiger partial charge is 0.253 e. The predicted molar refractivity (Wildman–Crippen MR) is 75.7 cm³/mol. The maximum atomic E-state index is 12.0. The summed E-state index contributed by atoms with van der Waals surface area (Å²) < 4.78 is 4.90. The zero-order valence-corrected chi connectivity index (χ0v) is 11.6. The fourth-order valence-corrected chi connectivity index (χ4v) is 1.99. The number of carbonyl (C=O) groups is 1. The number of nitrogens with one attached hydrogen (secondary N) is 1. The molecule has 2 aromatic rings. The van der Waals surface area contributed by atoms with Crippen LogP contribution in [0.25, 0.3) is 10.9 Å². The van der Waals surface area contributed by atoms with Crippen LogP contribution < -0.4 is 5.32 Å². The van der Waals surface area contributed by atoms with E-state index in [1.807, 2.05) is 19.1 Å². The fraction of sp³-hybridized carbons (Fsp3) is 0.286. The van der Waals surface area contributed by atoms with Crippen molar-refractivity contribution in [2.45, 2.75) is 6.92 Å². The van der Waals surface area contributed by atoms with Gasteiger partial charge in [0.2, 0.25) is 0 Å². The van der Waals surface area contributed by atoms with Crippen LogP contribution in [0.3, 0.4) is 0 Å². The Balaban J connectivity index is 2.30. The number of amides is 1. The average molecular weight is 279 g/mol. The van der Waals surface area contributed by atoms with E-state index < -0.39 is 0 Å². The van der Waals surface area contributed by atoms with E-state index in [9.17, 15) is 4.79 Å². The Hall–Kier alpha value is -1.65. The Morgan fingerprint density at radius 2 is 2.21 bits per heavy atom. The Kier molecular flexibility index (Phi) is 4.35. The van der Waals surface area contributed by atoms with Crippen LogP contribution >= 0.6 is 11.6 Å². The van der Waals surface area contributed by atoms with Gasteiger partial charge < -0.3 is 10.1 Å². The predicted octanol–water partition coefficient (Wildman–Crippen LogP) is 2.57. The largest absolute Gasteiger partial charge is 0.383 e. The lowest BCUT2D eigenvalue weighted by Gasteiger charge is -2.08. The van der Waals surface area contributed by atoms with E-state index in [4.69, 9.17) is 16.3 Å². The number of nitrogens with zero attached hydrogens (tertiary/aromatic N) is 1. The molecule has 1 N–H and O–H groups in total. The molecule has 0 radical (unpaired) electrons. The SMILES string of the molecule is COCCNC(=O)c1cc2ccc(Cl)cc2nc1C. The van der Waals surface area contributed by atoms with Crippen molar-refractivity contribution in [2.24, 2.45) is 0 Å². The van der Waals surface area contributed by atoms with E-state index in [-0.39, 0.29) is 5.91 Å². The number of hydrogen-bond acceptors (Lipinski definition) is 3. The van der Waals surface area contributed by atoms with Crippen molar-refractivity contribution in [3.8, 4) is 0 Å². The van der Waals surface area contributed by atoms with Crippen LogP contribution in [0, 0.1) is 6.92 Å². The number of aryl methyl sites for hydroxylation is 1. The lowest BCUT2D eigenvalue weighted by atomic mass is 10.1. The highest BCUT2D eigenvalue weighted by molar-refractivity contribution is 6.31. The molecule has 5 heteroatoms. The van der Waals surface area contributed by atoms with E-state index in [1.54, 1.807) is 19.2 Å². The van der Waals surface area contributed by atoms with E-state index in [2.05, 4.69) is 10.3 Å². The highest BCUT2D eigenvalue weighted by atomic mass is 35.5. The van der Waals surface area contributed by atoms with Crippen LogP contribution in [0.4, 0.5) is 0 Å². The highest BCUT2D eigenvalue weighted by Gasteiger charge is 2.11. The second kappa shape index (κ2) is 5.99. The Morgan fingerprint density at radius 1 is 1.42 bits per heavy atom. The monoisotopic (exact) mass is 278 g/mol. The van der Waals surface area contributed by atoms with Gasteiger partial charge in [0.05, 0.1) is 23.4 Å². The molecule has 1 aromatic carbocycles. The molecule has 0 spiro atoms. The van der Waals surface area contributed by atoms with Crippen molar-refractivity contribution in [3.05, 3.63) is 40.5 Å². The number of carbonyl (C=O) groups excluding carboxylic acids is 1. The molecule has 19 heavy (non-hydrogen) atoms. The molecule has 0 aliphatic heterocycles. The molecule has 0 saturated heterocycles. The molecule has 0 saturated carbocycles. The number of aromatic nitrogens is 1. The molecular formula is C14H15ClN2O2. The minimum absolute atomic E-state index is 0.140. The van der Waals surface area contributed by atoms with Crippen molar-refractivity contribution in [1.29, 1.82) is 0 Å². The first-order valence-electron chi connectivity index (χ1n) is 5.96. The molecule has 1 aromatic heterocycles. The number of halogens is 1. The normalized spacial score (nSPS) is 10.7. The van der Waals surface area contributed by atoms with Crippen LogP contribution in [-0.4, -0.2) is 31.2 Å². The van der Waals surface area contributed by atoms with Crippen LogP contribution in [0.5, 0.6) is 0 Å². The number of hydrogen-bond donors (Lipinski definition) is 1. The quantitative estimate of drug-likeness (QED) is 0.875. The molecule has 0 atom stereocenters. The third kappa shape index (κ3) is 3.22. The number of pyridine rings is 1. The highest BCUT2D eigenvalue weighted by Crippen LogP contribution is 2.20. The van der Waals surface area contributed by atoms with Crippen LogP contribution in [0.2, 0.25) is 5.02 Å². The van der Waals surface area contributed by atoms with Crippen molar-refractivity contribution in [1.82, 2.24) is 10.3 Å². The van der Waals surface area contributed by atoms with Crippen molar-refractivity contribution < 1.29 is 9.53 Å². The summed E-state index contributed by atoms with van der Waals surface area (Å²) in [6, 6.07) is 7.26. The first kappa shape index (κ1) is 13.8. The number of ether oxygens (including phenoxy) is 1. The molecular weight excluding hydrogens is 264 g/mol. The molecule has 0 unspecified atom stereocenters. The molecule has 0 aliphatic rings.